The number of para-hydroxylation sites is 1. The Hall–Kier alpha value is -3.57. The summed E-state index contributed by atoms with van der Waals surface area (Å²) in [5, 5.41) is 4.53. The van der Waals surface area contributed by atoms with Crippen LogP contribution in [0.25, 0.3) is 10.9 Å². The Kier molecular flexibility index (Phi) is 5.22. The number of fused-ring (bicyclic) bond motifs is 2. The molecule has 0 fully saturated rings. The molecule has 5 nitrogen and oxygen atoms in total. The number of aromatic nitrogens is 1. The molecule has 6 heteroatoms. The van der Waals surface area contributed by atoms with Gasteiger partial charge in [-0.1, -0.05) is 54.1 Å². The van der Waals surface area contributed by atoms with Crippen LogP contribution >= 0.6 is 11.6 Å². The van der Waals surface area contributed by atoms with Gasteiger partial charge in [-0.3, -0.25) is 9.59 Å². The summed E-state index contributed by atoms with van der Waals surface area (Å²) in [6, 6.07) is 20.5. The number of aryl methyl sites for hydroxylation is 2. The van der Waals surface area contributed by atoms with E-state index >= 15 is 0 Å². The maximum atomic E-state index is 13.8. The summed E-state index contributed by atoms with van der Waals surface area (Å²) in [6.45, 7) is 1.95. The van der Waals surface area contributed by atoms with E-state index in [0.717, 1.165) is 27.6 Å². The highest BCUT2D eigenvalue weighted by Gasteiger charge is 2.43. The van der Waals surface area contributed by atoms with Gasteiger partial charge in [-0.05, 0) is 42.3 Å². The van der Waals surface area contributed by atoms with Gasteiger partial charge in [0.15, 0.2) is 0 Å². The van der Waals surface area contributed by atoms with E-state index in [1.807, 2.05) is 85.4 Å². The molecule has 2 atom stereocenters. The highest BCUT2D eigenvalue weighted by Crippen LogP contribution is 2.45. The molecule has 166 valence electrons. The third-order valence-corrected chi connectivity index (χ3v) is 6.80. The Morgan fingerprint density at radius 1 is 0.970 bits per heavy atom. The fraction of sp³-hybridized carbons (Fsp3) is 0.185. The molecule has 3 aromatic carbocycles. The van der Waals surface area contributed by atoms with Crippen LogP contribution in [0.5, 0.6) is 0 Å². The van der Waals surface area contributed by atoms with Crippen molar-refractivity contribution in [1.82, 2.24) is 9.47 Å². The van der Waals surface area contributed by atoms with Crippen LogP contribution < -0.4 is 5.32 Å². The number of likely N-dealkylation sites (N-methyl/N-ethyl adjacent to an activating group) is 1. The van der Waals surface area contributed by atoms with E-state index in [1.54, 1.807) is 18.0 Å². The monoisotopic (exact) mass is 457 g/mol. The summed E-state index contributed by atoms with van der Waals surface area (Å²) in [5.74, 6) is -0.904. The van der Waals surface area contributed by atoms with Crippen molar-refractivity contribution in [3.63, 3.8) is 0 Å². The van der Waals surface area contributed by atoms with E-state index in [0.29, 0.717) is 16.3 Å². The molecule has 1 aromatic heterocycles. The number of halogens is 1. The first-order valence-corrected chi connectivity index (χ1v) is 11.2. The van der Waals surface area contributed by atoms with Gasteiger partial charge >= 0.3 is 0 Å². The minimum Gasteiger partial charge on any atom is -0.350 e. The highest BCUT2D eigenvalue weighted by molar-refractivity contribution is 6.33. The van der Waals surface area contributed by atoms with Gasteiger partial charge in [0.25, 0.3) is 5.91 Å². The Balaban J connectivity index is 1.67. The minimum absolute atomic E-state index is 0.0963. The van der Waals surface area contributed by atoms with Gasteiger partial charge in [-0.25, -0.2) is 0 Å². The molecule has 0 bridgehead atoms. The summed E-state index contributed by atoms with van der Waals surface area (Å²) in [6.07, 6.45) is 2.02. The van der Waals surface area contributed by atoms with Crippen molar-refractivity contribution in [2.75, 3.05) is 12.4 Å². The molecule has 0 radical (unpaired) electrons. The lowest BCUT2D eigenvalue weighted by Crippen LogP contribution is -2.44. The number of carbonyl (C=O) groups is 2. The number of anilines is 1. The second-order valence-electron chi connectivity index (χ2n) is 8.61. The van der Waals surface area contributed by atoms with Gasteiger partial charge in [-0.2, -0.15) is 0 Å². The molecule has 2 heterocycles. The van der Waals surface area contributed by atoms with Crippen molar-refractivity contribution < 1.29 is 9.59 Å². The van der Waals surface area contributed by atoms with Gasteiger partial charge < -0.3 is 14.8 Å². The lowest BCUT2D eigenvalue weighted by Gasteiger charge is -2.39. The van der Waals surface area contributed by atoms with Crippen LogP contribution in [0.1, 0.15) is 39.0 Å². The van der Waals surface area contributed by atoms with Crippen LogP contribution in [-0.4, -0.2) is 28.3 Å². The van der Waals surface area contributed by atoms with E-state index in [-0.39, 0.29) is 11.8 Å². The van der Waals surface area contributed by atoms with Gasteiger partial charge in [0, 0.05) is 42.3 Å². The lowest BCUT2D eigenvalue weighted by molar-refractivity contribution is -0.119. The topological polar surface area (TPSA) is 54.3 Å². The summed E-state index contributed by atoms with van der Waals surface area (Å²) in [5.41, 5.74) is 4.83. The van der Waals surface area contributed by atoms with Gasteiger partial charge in [0.1, 0.15) is 0 Å². The Morgan fingerprint density at radius 3 is 2.48 bits per heavy atom. The van der Waals surface area contributed by atoms with Crippen LogP contribution in [0.2, 0.25) is 5.02 Å². The molecule has 33 heavy (non-hydrogen) atoms. The Bertz CT molecular complexity index is 1410. The molecular formula is C27H24ClN3O2. The summed E-state index contributed by atoms with van der Waals surface area (Å²) < 4.78 is 2.04. The second kappa shape index (κ2) is 8.09. The molecule has 0 saturated carbocycles. The zero-order valence-electron chi connectivity index (χ0n) is 18.7. The number of nitrogens with zero attached hydrogens (tertiary/aromatic N) is 2. The Morgan fingerprint density at radius 2 is 1.70 bits per heavy atom. The highest BCUT2D eigenvalue weighted by atomic mass is 35.5. The van der Waals surface area contributed by atoms with Gasteiger partial charge in [0.2, 0.25) is 5.91 Å². The molecule has 0 aliphatic carbocycles. The average Bonchev–Trinajstić information content (AvgIpc) is 3.14. The molecule has 4 aromatic rings. The van der Waals surface area contributed by atoms with Crippen LogP contribution in [0.15, 0.2) is 72.9 Å². The van der Waals surface area contributed by atoms with E-state index in [4.69, 9.17) is 11.6 Å². The fourth-order valence-electron chi connectivity index (χ4n) is 4.89. The summed E-state index contributed by atoms with van der Waals surface area (Å²) >= 11 is 6.42. The van der Waals surface area contributed by atoms with Gasteiger partial charge in [-0.15, -0.1) is 0 Å². The summed E-state index contributed by atoms with van der Waals surface area (Å²) in [4.78, 5) is 28.8. The number of carbonyl (C=O) groups excluding carboxylic acids is 2. The number of amides is 2. The van der Waals surface area contributed by atoms with E-state index in [2.05, 4.69) is 5.32 Å². The second-order valence-corrected chi connectivity index (χ2v) is 9.02. The third kappa shape index (κ3) is 3.49. The fourth-order valence-corrected chi connectivity index (χ4v) is 5.17. The molecule has 2 amide bonds. The first-order chi connectivity index (χ1) is 15.9. The van der Waals surface area contributed by atoms with Crippen LogP contribution in [0.3, 0.4) is 0 Å². The maximum absolute atomic E-state index is 13.8. The first kappa shape index (κ1) is 21.3. The molecule has 1 aliphatic rings. The number of nitrogens with one attached hydrogen (secondary N) is 1. The van der Waals surface area contributed by atoms with Crippen molar-refractivity contribution in [3.05, 3.63) is 100 Å². The standard InChI is InChI=1S/C27H24ClN3O2/c1-16-12-13-22(21(28)14-16)29-26(32)24-18-9-4-5-10-19(18)27(33)31(3)25(24)20-15-30(2)23-11-7-6-8-17(20)23/h4-15,24-25H,1-3H3,(H,29,32)/t24-,25-/m0/s1. The van der Waals surface area contributed by atoms with Crippen molar-refractivity contribution in [1.29, 1.82) is 0 Å². The van der Waals surface area contributed by atoms with Crippen LogP contribution in [-0.2, 0) is 11.8 Å². The quantitative estimate of drug-likeness (QED) is 0.429. The van der Waals surface area contributed by atoms with E-state index < -0.39 is 12.0 Å². The van der Waals surface area contributed by atoms with Crippen molar-refractivity contribution in [3.8, 4) is 0 Å². The number of hydrogen-bond donors (Lipinski definition) is 1. The number of hydrogen-bond acceptors (Lipinski definition) is 2. The Labute approximate surface area is 197 Å². The van der Waals surface area contributed by atoms with Gasteiger partial charge in [0.05, 0.1) is 22.7 Å². The number of rotatable bonds is 3. The average molecular weight is 458 g/mol. The van der Waals surface area contributed by atoms with Crippen LogP contribution in [0, 0.1) is 6.92 Å². The SMILES string of the molecule is Cc1ccc(NC(=O)[C@H]2c3ccccc3C(=O)N(C)[C@H]2c2cn(C)c3ccccc23)c(Cl)c1. The maximum Gasteiger partial charge on any atom is 0.254 e. The zero-order chi connectivity index (χ0) is 23.3. The van der Waals surface area contributed by atoms with E-state index in [9.17, 15) is 9.59 Å². The lowest BCUT2D eigenvalue weighted by atomic mass is 9.79. The van der Waals surface area contributed by atoms with Crippen LogP contribution in [0.4, 0.5) is 5.69 Å². The molecule has 1 aliphatic heterocycles. The smallest absolute Gasteiger partial charge is 0.254 e. The molecule has 5 rings (SSSR count). The zero-order valence-corrected chi connectivity index (χ0v) is 19.4. The predicted octanol–water partition coefficient (Wildman–Crippen LogP) is 5.69. The normalized spacial score (nSPS) is 17.8. The molecule has 0 saturated heterocycles. The molecular weight excluding hydrogens is 434 g/mol. The van der Waals surface area contributed by atoms with E-state index in [1.165, 1.54) is 0 Å². The molecule has 1 N–H and O–H groups in total. The summed E-state index contributed by atoms with van der Waals surface area (Å²) in [7, 11) is 3.75. The largest absolute Gasteiger partial charge is 0.350 e. The van der Waals surface area contributed by atoms with Crippen molar-refractivity contribution in [2.45, 2.75) is 18.9 Å². The minimum atomic E-state index is -0.605. The molecule has 0 spiro atoms. The van der Waals surface area contributed by atoms with Crippen molar-refractivity contribution in [2.24, 2.45) is 7.05 Å². The molecule has 0 unspecified atom stereocenters. The first-order valence-electron chi connectivity index (χ1n) is 10.8. The number of benzene rings is 3. The predicted molar refractivity (Wildman–Crippen MR) is 132 cm³/mol. The van der Waals surface area contributed by atoms with Crippen molar-refractivity contribution >= 4 is 40.0 Å². The third-order valence-electron chi connectivity index (χ3n) is 6.49.